The van der Waals surface area contributed by atoms with Crippen LogP contribution >= 0.6 is 11.6 Å². The molecule has 2 nitrogen and oxygen atoms in total. The van der Waals surface area contributed by atoms with Gasteiger partial charge in [-0.3, -0.25) is 4.98 Å². The molecule has 0 amide bonds. The number of hydrogen-bond acceptors (Lipinski definition) is 2. The molecule has 1 unspecified atom stereocenters. The van der Waals surface area contributed by atoms with Crippen LogP contribution in [-0.2, 0) is 12.8 Å². The summed E-state index contributed by atoms with van der Waals surface area (Å²) < 4.78 is 5.48. The van der Waals surface area contributed by atoms with Gasteiger partial charge < -0.3 is 4.74 Å². The molecule has 1 heterocycles. The summed E-state index contributed by atoms with van der Waals surface area (Å²) in [6.07, 6.45) is 3.73. The molecular weight excluding hydrogens is 282 g/mol. The average molecular weight is 304 g/mol. The van der Waals surface area contributed by atoms with Crippen molar-refractivity contribution in [2.75, 3.05) is 13.0 Å². The first-order valence-electron chi connectivity index (χ1n) is 7.24. The van der Waals surface area contributed by atoms with Crippen molar-refractivity contribution in [1.82, 2.24) is 4.98 Å². The van der Waals surface area contributed by atoms with Crippen molar-refractivity contribution in [3.8, 4) is 5.75 Å². The van der Waals surface area contributed by atoms with Crippen LogP contribution in [0.2, 0.25) is 0 Å². The van der Waals surface area contributed by atoms with Gasteiger partial charge in [-0.05, 0) is 38.2 Å². The molecule has 21 heavy (non-hydrogen) atoms. The number of aromatic nitrogens is 1. The van der Waals surface area contributed by atoms with Gasteiger partial charge in [-0.15, -0.1) is 11.6 Å². The molecule has 0 aliphatic carbocycles. The van der Waals surface area contributed by atoms with Gasteiger partial charge in [0.25, 0.3) is 0 Å². The fourth-order valence-corrected chi connectivity index (χ4v) is 2.90. The van der Waals surface area contributed by atoms with Gasteiger partial charge in [-0.1, -0.05) is 30.3 Å². The van der Waals surface area contributed by atoms with Crippen LogP contribution in [0.25, 0.3) is 0 Å². The van der Waals surface area contributed by atoms with Crippen LogP contribution in [0.3, 0.4) is 0 Å². The molecule has 0 aliphatic heterocycles. The fourth-order valence-electron chi connectivity index (χ4n) is 2.68. The van der Waals surface area contributed by atoms with E-state index in [1.807, 2.05) is 19.2 Å². The van der Waals surface area contributed by atoms with Crippen LogP contribution in [0.4, 0.5) is 0 Å². The van der Waals surface area contributed by atoms with Gasteiger partial charge >= 0.3 is 0 Å². The highest BCUT2D eigenvalue weighted by atomic mass is 35.5. The molecule has 0 aliphatic rings. The van der Waals surface area contributed by atoms with E-state index in [4.69, 9.17) is 16.3 Å². The van der Waals surface area contributed by atoms with E-state index in [1.165, 1.54) is 5.56 Å². The van der Waals surface area contributed by atoms with Gasteiger partial charge in [0, 0.05) is 28.9 Å². The zero-order chi connectivity index (χ0) is 15.2. The maximum Gasteiger partial charge on any atom is 0.128 e. The summed E-state index contributed by atoms with van der Waals surface area (Å²) in [5.74, 6) is 1.95. The molecule has 1 aromatic carbocycles. The largest absolute Gasteiger partial charge is 0.496 e. The van der Waals surface area contributed by atoms with Crippen LogP contribution in [0.5, 0.6) is 5.75 Å². The topological polar surface area (TPSA) is 22.1 Å². The Morgan fingerprint density at radius 3 is 2.48 bits per heavy atom. The molecule has 0 spiro atoms. The third kappa shape index (κ3) is 3.98. The predicted molar refractivity (Wildman–Crippen MR) is 88.3 cm³/mol. The first-order valence-corrected chi connectivity index (χ1v) is 7.78. The summed E-state index contributed by atoms with van der Waals surface area (Å²) >= 11 is 6.17. The molecule has 1 aromatic heterocycles. The highest BCUT2D eigenvalue weighted by Crippen LogP contribution is 2.26. The van der Waals surface area contributed by atoms with E-state index in [1.54, 1.807) is 7.11 Å². The van der Waals surface area contributed by atoms with Crippen LogP contribution in [0.1, 0.15) is 22.4 Å². The Morgan fingerprint density at radius 1 is 1.14 bits per heavy atom. The minimum atomic E-state index is 0.382. The second kappa shape index (κ2) is 7.46. The number of hydrogen-bond donors (Lipinski definition) is 0. The standard InChI is InChI=1S/C18H22ClNO/c1-13-12-20-17(14(2)18(13)21-3)10-16(11-19)9-15-7-5-4-6-8-15/h4-8,12,16H,9-11H2,1-3H3. The van der Waals surface area contributed by atoms with Crippen LogP contribution in [0.15, 0.2) is 36.5 Å². The van der Waals surface area contributed by atoms with Gasteiger partial charge in [0.15, 0.2) is 0 Å². The van der Waals surface area contributed by atoms with E-state index in [0.717, 1.165) is 35.4 Å². The quantitative estimate of drug-likeness (QED) is 0.740. The fraction of sp³-hybridized carbons (Fsp3) is 0.389. The maximum absolute atomic E-state index is 6.17. The van der Waals surface area contributed by atoms with Gasteiger partial charge in [-0.2, -0.15) is 0 Å². The van der Waals surface area contributed by atoms with Crippen molar-refractivity contribution < 1.29 is 4.74 Å². The minimum Gasteiger partial charge on any atom is -0.496 e. The number of rotatable bonds is 6. The van der Waals surface area contributed by atoms with Gasteiger partial charge in [-0.25, -0.2) is 0 Å². The Morgan fingerprint density at radius 2 is 1.86 bits per heavy atom. The summed E-state index contributed by atoms with van der Waals surface area (Å²) in [7, 11) is 1.71. The second-order valence-electron chi connectivity index (χ2n) is 5.46. The number of benzene rings is 1. The first-order chi connectivity index (χ1) is 10.2. The van der Waals surface area contributed by atoms with Gasteiger partial charge in [0.2, 0.25) is 0 Å². The first kappa shape index (κ1) is 15.8. The lowest BCUT2D eigenvalue weighted by atomic mass is 9.94. The van der Waals surface area contributed by atoms with Crippen molar-refractivity contribution in [2.24, 2.45) is 5.92 Å². The lowest BCUT2D eigenvalue weighted by Gasteiger charge is -2.17. The summed E-state index contributed by atoms with van der Waals surface area (Å²) in [6.45, 7) is 4.09. The number of ether oxygens (including phenoxy) is 1. The highest BCUT2D eigenvalue weighted by Gasteiger charge is 2.15. The Balaban J connectivity index is 2.15. The SMILES string of the molecule is COc1c(C)cnc(CC(CCl)Cc2ccccc2)c1C. The minimum absolute atomic E-state index is 0.382. The Hall–Kier alpha value is -1.54. The number of halogens is 1. The van der Waals surface area contributed by atoms with E-state index in [-0.39, 0.29) is 0 Å². The lowest BCUT2D eigenvalue weighted by molar-refractivity contribution is 0.406. The van der Waals surface area contributed by atoms with Crippen molar-refractivity contribution >= 4 is 11.6 Å². The highest BCUT2D eigenvalue weighted by molar-refractivity contribution is 6.18. The molecule has 0 N–H and O–H groups in total. The third-order valence-electron chi connectivity index (χ3n) is 3.82. The van der Waals surface area contributed by atoms with Crippen molar-refractivity contribution in [3.05, 3.63) is 58.9 Å². The number of methoxy groups -OCH3 is 1. The summed E-state index contributed by atoms with van der Waals surface area (Å²) in [5, 5.41) is 0. The van der Waals surface area contributed by atoms with Crippen LogP contribution in [-0.4, -0.2) is 18.0 Å². The molecular formula is C18H22ClNO. The molecule has 0 fully saturated rings. The van der Waals surface area contributed by atoms with Gasteiger partial charge in [0.1, 0.15) is 5.75 Å². The van der Waals surface area contributed by atoms with E-state index in [0.29, 0.717) is 11.8 Å². The summed E-state index contributed by atoms with van der Waals surface area (Å²) in [6, 6.07) is 10.5. The maximum atomic E-state index is 6.17. The zero-order valence-electron chi connectivity index (χ0n) is 12.9. The van der Waals surface area contributed by atoms with Crippen LogP contribution in [0, 0.1) is 19.8 Å². The summed E-state index contributed by atoms with van der Waals surface area (Å²) in [5.41, 5.74) is 4.60. The number of alkyl halides is 1. The molecule has 0 bridgehead atoms. The monoisotopic (exact) mass is 303 g/mol. The number of pyridine rings is 1. The average Bonchev–Trinajstić information content (AvgIpc) is 2.50. The summed E-state index contributed by atoms with van der Waals surface area (Å²) in [4.78, 5) is 4.58. The number of nitrogens with zero attached hydrogens (tertiary/aromatic N) is 1. The van der Waals surface area contributed by atoms with Gasteiger partial charge in [0.05, 0.1) is 7.11 Å². The molecule has 0 saturated carbocycles. The van der Waals surface area contributed by atoms with E-state index < -0.39 is 0 Å². The Kier molecular flexibility index (Phi) is 5.63. The normalized spacial score (nSPS) is 12.2. The molecule has 2 rings (SSSR count). The van der Waals surface area contributed by atoms with E-state index >= 15 is 0 Å². The smallest absolute Gasteiger partial charge is 0.128 e. The molecule has 3 heteroatoms. The number of aryl methyl sites for hydroxylation is 1. The molecule has 1 atom stereocenters. The van der Waals surface area contributed by atoms with Crippen molar-refractivity contribution in [3.63, 3.8) is 0 Å². The predicted octanol–water partition coefficient (Wildman–Crippen LogP) is 4.35. The molecule has 0 radical (unpaired) electrons. The van der Waals surface area contributed by atoms with Crippen molar-refractivity contribution in [2.45, 2.75) is 26.7 Å². The zero-order valence-corrected chi connectivity index (χ0v) is 13.7. The third-order valence-corrected chi connectivity index (χ3v) is 4.25. The van der Waals surface area contributed by atoms with E-state index in [9.17, 15) is 0 Å². The second-order valence-corrected chi connectivity index (χ2v) is 5.77. The Labute approximate surface area is 132 Å². The van der Waals surface area contributed by atoms with Crippen molar-refractivity contribution in [1.29, 1.82) is 0 Å². The molecule has 2 aromatic rings. The molecule has 112 valence electrons. The Bertz CT molecular complexity index is 583. The molecule has 0 saturated heterocycles. The van der Waals surface area contributed by atoms with Crippen LogP contribution < -0.4 is 4.74 Å². The lowest BCUT2D eigenvalue weighted by Crippen LogP contribution is -2.13. The van der Waals surface area contributed by atoms with E-state index in [2.05, 4.69) is 36.2 Å².